The lowest BCUT2D eigenvalue weighted by atomic mass is 9.95. The van der Waals surface area contributed by atoms with E-state index >= 15 is 0 Å². The van der Waals surface area contributed by atoms with Crippen molar-refractivity contribution in [2.75, 3.05) is 31.6 Å². The number of hydrogen-bond donors (Lipinski definition) is 6. The topological polar surface area (TPSA) is 208 Å². The number of anilines is 1. The number of phenolic OH excluding ortho intramolecular Hbond substituents is 3. The number of nitrogens with two attached hydrogens (primary N) is 1. The van der Waals surface area contributed by atoms with Gasteiger partial charge in [-0.25, -0.2) is 9.78 Å². The van der Waals surface area contributed by atoms with Crippen LogP contribution in [-0.4, -0.2) is 96.1 Å². The molecule has 0 aliphatic carbocycles. The van der Waals surface area contributed by atoms with Crippen molar-refractivity contribution in [1.29, 1.82) is 0 Å². The van der Waals surface area contributed by atoms with Crippen LogP contribution in [0.4, 0.5) is 5.13 Å². The lowest BCUT2D eigenvalue weighted by Crippen LogP contribution is -2.71. The molecule has 16 heteroatoms. The summed E-state index contributed by atoms with van der Waals surface area (Å²) >= 11 is 2.59. The van der Waals surface area contributed by atoms with Crippen molar-refractivity contribution in [3.63, 3.8) is 0 Å². The number of phenols is 3. The number of hydrogen-bond acceptors (Lipinski definition) is 12. The molecule has 212 valence electrons. The van der Waals surface area contributed by atoms with E-state index in [1.54, 1.807) is 5.38 Å². The zero-order valence-electron chi connectivity index (χ0n) is 21.2. The summed E-state index contributed by atoms with van der Waals surface area (Å²) in [6.07, 6.45) is 1.39. The van der Waals surface area contributed by atoms with Gasteiger partial charge in [-0.1, -0.05) is 5.16 Å². The number of thiazole rings is 1. The number of aromatic hydroxyl groups is 3. The minimum absolute atomic E-state index is 0.0217. The number of oxime groups is 1. The van der Waals surface area contributed by atoms with Crippen LogP contribution >= 0.6 is 23.1 Å². The van der Waals surface area contributed by atoms with Gasteiger partial charge in [-0.2, -0.15) is 0 Å². The number of carbonyl (C=O) groups excluding carboxylic acids is 2. The van der Waals surface area contributed by atoms with Gasteiger partial charge in [0.15, 0.2) is 23.2 Å². The van der Waals surface area contributed by atoms with Gasteiger partial charge in [-0.3, -0.25) is 14.5 Å². The maximum atomic E-state index is 13.0. The molecule has 14 nitrogen and oxygen atoms in total. The van der Waals surface area contributed by atoms with E-state index in [0.717, 1.165) is 6.21 Å². The number of benzene rings is 1. The summed E-state index contributed by atoms with van der Waals surface area (Å²) in [4.78, 5) is 47.8. The summed E-state index contributed by atoms with van der Waals surface area (Å²) < 4.78 is 0.328. The molecule has 4 heterocycles. The predicted molar refractivity (Wildman–Crippen MR) is 144 cm³/mol. The fourth-order valence-corrected chi connectivity index (χ4v) is 7.04. The van der Waals surface area contributed by atoms with Crippen molar-refractivity contribution in [3.05, 3.63) is 39.5 Å². The number of carboxylic acid groups (broad SMARTS) is 1. The Labute approximate surface area is 235 Å². The molecule has 2 aromatic rings. The summed E-state index contributed by atoms with van der Waals surface area (Å²) in [5.74, 6) is -3.50. The largest absolute Gasteiger partial charge is 0.504 e. The van der Waals surface area contributed by atoms with Gasteiger partial charge in [-0.15, -0.1) is 23.1 Å². The number of thioether (sulfide) groups is 1. The van der Waals surface area contributed by atoms with Crippen molar-refractivity contribution in [3.8, 4) is 17.2 Å². The standard InChI is InChI=1S/C24H26N6O8S2/c1-30(3-2-11-4-15(31)20(34)19(33)14(11)7-30)6-12-9-39-22-17(21(35)29(22)18(12)23(36)37)28-16(32)5-26-38-8-13-10-40-24(25)27-13/h4-5,10,17,22H,2-3,6-9H2,1H3,(H6-,25,26,27,28,31,32,33,34,36,37)/p+1/t17?,22-,30?/m1/s1. The highest BCUT2D eigenvalue weighted by molar-refractivity contribution is 8.00. The fraction of sp³-hybridized carbons (Fsp3) is 0.375. The summed E-state index contributed by atoms with van der Waals surface area (Å²) in [5, 5.41) is 47.9. The van der Waals surface area contributed by atoms with E-state index in [-0.39, 0.29) is 24.6 Å². The number of carboxylic acids is 1. The van der Waals surface area contributed by atoms with E-state index in [1.807, 2.05) is 7.05 Å². The first-order chi connectivity index (χ1) is 19.0. The summed E-state index contributed by atoms with van der Waals surface area (Å²) in [7, 11) is 1.90. The van der Waals surface area contributed by atoms with Crippen molar-refractivity contribution < 1.29 is 44.1 Å². The van der Waals surface area contributed by atoms with Gasteiger partial charge in [0, 0.05) is 23.1 Å². The minimum atomic E-state index is -1.24. The molecule has 5 rings (SSSR count). The number of nitrogens with zero attached hydrogens (tertiary/aromatic N) is 4. The predicted octanol–water partition coefficient (Wildman–Crippen LogP) is 0.286. The third-order valence-electron chi connectivity index (χ3n) is 7.06. The van der Waals surface area contributed by atoms with Crippen molar-refractivity contribution in [1.82, 2.24) is 15.2 Å². The normalized spacial score (nSPS) is 23.9. The molecule has 1 fully saturated rings. The first kappa shape index (κ1) is 27.5. The third kappa shape index (κ3) is 5.12. The number of nitrogens with one attached hydrogen (secondary N) is 1. The molecular formula is C24H27N6O8S2+. The molecule has 2 unspecified atom stereocenters. The lowest BCUT2D eigenvalue weighted by molar-refractivity contribution is -0.920. The number of fused-ring (bicyclic) bond motifs is 2. The minimum Gasteiger partial charge on any atom is -0.504 e. The second-order valence-electron chi connectivity index (χ2n) is 9.98. The Morgan fingerprint density at radius 1 is 1.35 bits per heavy atom. The SMILES string of the molecule is C[N+]1(CC2=C(C(=O)O)N3C(=O)C(NC(=O)/C=N\OCc4csc(N)n4)[C@H]3SC2)CCc2cc(O)c(O)c(O)c2C1. The Balaban J connectivity index is 1.25. The maximum Gasteiger partial charge on any atom is 0.352 e. The Bertz CT molecular complexity index is 1460. The second-order valence-corrected chi connectivity index (χ2v) is 12.0. The van der Waals surface area contributed by atoms with Crippen LogP contribution in [0.1, 0.15) is 16.8 Å². The van der Waals surface area contributed by atoms with E-state index in [0.29, 0.717) is 57.3 Å². The average Bonchev–Trinajstić information content (AvgIpc) is 3.33. The molecule has 3 aliphatic rings. The fourth-order valence-electron chi connectivity index (χ4n) is 5.16. The molecular weight excluding hydrogens is 564 g/mol. The molecule has 0 saturated carbocycles. The highest BCUT2D eigenvalue weighted by Crippen LogP contribution is 2.44. The van der Waals surface area contributed by atoms with Crippen LogP contribution in [-0.2, 0) is 38.8 Å². The highest BCUT2D eigenvalue weighted by atomic mass is 32.2. The van der Waals surface area contributed by atoms with Crippen LogP contribution < -0.4 is 11.1 Å². The van der Waals surface area contributed by atoms with Crippen LogP contribution in [0.2, 0.25) is 0 Å². The monoisotopic (exact) mass is 591 g/mol. The Morgan fingerprint density at radius 3 is 2.83 bits per heavy atom. The van der Waals surface area contributed by atoms with Gasteiger partial charge < -0.3 is 40.8 Å². The summed E-state index contributed by atoms with van der Waals surface area (Å²) in [5.41, 5.74) is 7.76. The van der Waals surface area contributed by atoms with Gasteiger partial charge in [0.2, 0.25) is 5.75 Å². The van der Waals surface area contributed by atoms with Gasteiger partial charge in [-0.05, 0) is 11.6 Å². The van der Waals surface area contributed by atoms with E-state index in [4.69, 9.17) is 10.6 Å². The first-order valence-corrected chi connectivity index (χ1v) is 14.0. The molecule has 1 saturated heterocycles. The lowest BCUT2D eigenvalue weighted by Gasteiger charge is -2.50. The molecule has 7 N–H and O–H groups in total. The van der Waals surface area contributed by atoms with Crippen LogP contribution in [0, 0.1) is 0 Å². The molecule has 0 spiro atoms. The van der Waals surface area contributed by atoms with E-state index in [9.17, 15) is 34.8 Å². The number of β-lactam (4-membered cyclic amide) rings is 1. The molecule has 1 aromatic carbocycles. The zero-order valence-corrected chi connectivity index (χ0v) is 22.9. The summed E-state index contributed by atoms with van der Waals surface area (Å²) in [6.45, 7) is 1.19. The first-order valence-electron chi connectivity index (χ1n) is 12.1. The quantitative estimate of drug-likeness (QED) is 0.0808. The summed E-state index contributed by atoms with van der Waals surface area (Å²) in [6, 6.07) is 0.510. The smallest absolute Gasteiger partial charge is 0.352 e. The van der Waals surface area contributed by atoms with E-state index < -0.39 is 40.7 Å². The van der Waals surface area contributed by atoms with E-state index in [1.165, 1.54) is 34.1 Å². The van der Waals surface area contributed by atoms with Crippen LogP contribution in [0.5, 0.6) is 17.2 Å². The number of quaternary nitrogens is 1. The maximum absolute atomic E-state index is 13.0. The van der Waals surface area contributed by atoms with Crippen molar-refractivity contribution in [2.45, 2.75) is 31.0 Å². The number of rotatable bonds is 8. The van der Waals surface area contributed by atoms with Crippen LogP contribution in [0.15, 0.2) is 27.9 Å². The zero-order chi connectivity index (χ0) is 28.8. The van der Waals surface area contributed by atoms with Gasteiger partial charge in [0.05, 0.1) is 24.8 Å². The van der Waals surface area contributed by atoms with Crippen molar-refractivity contribution in [2.24, 2.45) is 5.16 Å². The molecule has 3 aliphatic heterocycles. The Morgan fingerprint density at radius 2 is 2.12 bits per heavy atom. The number of carbonyl (C=O) groups is 3. The van der Waals surface area contributed by atoms with Crippen LogP contribution in [0.25, 0.3) is 0 Å². The molecule has 0 radical (unpaired) electrons. The second kappa shape index (κ2) is 10.5. The Hall–Kier alpha value is -4.02. The van der Waals surface area contributed by atoms with E-state index in [2.05, 4.69) is 15.5 Å². The molecule has 2 amide bonds. The average molecular weight is 592 g/mol. The molecule has 3 atom stereocenters. The molecule has 1 aromatic heterocycles. The Kier molecular flexibility index (Phi) is 7.24. The number of amides is 2. The number of aromatic nitrogens is 1. The van der Waals surface area contributed by atoms with Crippen molar-refractivity contribution >= 4 is 52.2 Å². The number of aliphatic carboxylic acids is 1. The molecule has 0 bridgehead atoms. The van der Waals surface area contributed by atoms with Gasteiger partial charge in [0.1, 0.15) is 36.4 Å². The number of likely N-dealkylation sites (N-methyl/N-ethyl adjacent to an activating group) is 1. The van der Waals surface area contributed by atoms with Crippen LogP contribution in [0.3, 0.4) is 0 Å². The van der Waals surface area contributed by atoms with Gasteiger partial charge in [0.25, 0.3) is 11.8 Å². The van der Waals surface area contributed by atoms with Gasteiger partial charge >= 0.3 is 5.97 Å². The molecule has 40 heavy (non-hydrogen) atoms. The number of nitrogen functional groups attached to an aromatic ring is 1. The highest BCUT2D eigenvalue weighted by Gasteiger charge is 2.54. The third-order valence-corrected chi connectivity index (χ3v) is 9.12.